The molecule has 0 atom stereocenters. The van der Waals surface area contributed by atoms with Crippen LogP contribution in [-0.4, -0.2) is 22.8 Å². The maximum absolute atomic E-state index is 12.8. The van der Waals surface area contributed by atoms with Gasteiger partial charge in [0, 0.05) is 23.5 Å². The van der Waals surface area contributed by atoms with Crippen LogP contribution in [0.5, 0.6) is 0 Å². The maximum Gasteiger partial charge on any atom is 0.270 e. The first-order valence-electron chi connectivity index (χ1n) is 10.3. The van der Waals surface area contributed by atoms with Crippen molar-refractivity contribution in [2.75, 3.05) is 5.32 Å². The van der Waals surface area contributed by atoms with E-state index < -0.39 is 0 Å². The largest absolute Gasteiger partial charge is 0.348 e. The van der Waals surface area contributed by atoms with Crippen LogP contribution in [0.25, 0.3) is 0 Å². The maximum atomic E-state index is 12.8. The van der Waals surface area contributed by atoms with E-state index in [2.05, 4.69) is 29.5 Å². The van der Waals surface area contributed by atoms with Crippen molar-refractivity contribution in [3.05, 3.63) is 58.9 Å². The molecule has 1 fully saturated rings. The number of aryl methyl sites for hydroxylation is 2. The number of aromatic nitrogens is 1. The van der Waals surface area contributed by atoms with Gasteiger partial charge in [0.05, 0.1) is 0 Å². The second-order valence-electron chi connectivity index (χ2n) is 7.35. The predicted molar refractivity (Wildman–Crippen MR) is 112 cm³/mol. The summed E-state index contributed by atoms with van der Waals surface area (Å²) in [5, 5.41) is 6.10. The molecular weight excluding hydrogens is 350 g/mol. The first-order chi connectivity index (χ1) is 13.6. The molecule has 0 radical (unpaired) electrons. The number of hydrogen-bond donors (Lipinski definition) is 2. The number of hydrogen-bond acceptors (Lipinski definition) is 3. The molecule has 0 unspecified atom stereocenters. The molecule has 0 spiro atoms. The Balaban J connectivity index is 1.75. The summed E-state index contributed by atoms with van der Waals surface area (Å²) < 4.78 is 0. The minimum Gasteiger partial charge on any atom is -0.348 e. The van der Waals surface area contributed by atoms with Gasteiger partial charge in [0.15, 0.2) is 0 Å². The number of nitrogens with one attached hydrogen (secondary N) is 2. The molecule has 5 nitrogen and oxygen atoms in total. The number of rotatable bonds is 6. The summed E-state index contributed by atoms with van der Waals surface area (Å²) in [5.74, 6) is -0.422. The second kappa shape index (κ2) is 9.49. The molecule has 2 aromatic rings. The van der Waals surface area contributed by atoms with Crippen molar-refractivity contribution in [2.45, 2.75) is 64.8 Å². The number of pyridine rings is 1. The van der Waals surface area contributed by atoms with Crippen molar-refractivity contribution in [1.29, 1.82) is 0 Å². The van der Waals surface area contributed by atoms with E-state index >= 15 is 0 Å². The molecule has 148 valence electrons. The fraction of sp³-hybridized carbons (Fsp3) is 0.435. The van der Waals surface area contributed by atoms with E-state index in [1.807, 2.05) is 18.2 Å². The lowest BCUT2D eigenvalue weighted by Gasteiger charge is -2.22. The lowest BCUT2D eigenvalue weighted by Crippen LogP contribution is -2.36. The number of para-hydroxylation sites is 1. The average Bonchev–Trinajstić information content (AvgIpc) is 2.74. The van der Waals surface area contributed by atoms with Crippen molar-refractivity contribution in [2.24, 2.45) is 0 Å². The van der Waals surface area contributed by atoms with Gasteiger partial charge in [0.1, 0.15) is 5.69 Å². The third-order valence-electron chi connectivity index (χ3n) is 5.43. The molecule has 3 rings (SSSR count). The summed E-state index contributed by atoms with van der Waals surface area (Å²) in [6, 6.07) is 9.52. The highest BCUT2D eigenvalue weighted by Crippen LogP contribution is 2.23. The Kier molecular flexibility index (Phi) is 6.80. The summed E-state index contributed by atoms with van der Waals surface area (Å²) in [7, 11) is 0. The topological polar surface area (TPSA) is 71.1 Å². The Hall–Kier alpha value is -2.69. The quantitative estimate of drug-likeness (QED) is 0.775. The van der Waals surface area contributed by atoms with Crippen LogP contribution in [0, 0.1) is 0 Å². The van der Waals surface area contributed by atoms with Crippen molar-refractivity contribution < 1.29 is 9.59 Å². The van der Waals surface area contributed by atoms with Crippen molar-refractivity contribution in [1.82, 2.24) is 10.3 Å². The summed E-state index contributed by atoms with van der Waals surface area (Å²) in [6.45, 7) is 4.15. The minimum atomic E-state index is -0.218. The first-order valence-corrected chi connectivity index (χ1v) is 10.3. The number of benzene rings is 1. The minimum absolute atomic E-state index is 0.204. The van der Waals surface area contributed by atoms with Gasteiger partial charge in [-0.15, -0.1) is 0 Å². The fourth-order valence-corrected chi connectivity index (χ4v) is 3.79. The SMILES string of the molecule is CCc1cccc(CC)c1NC(=O)c1ccnc(C(=O)NC2CCCCC2)c1. The van der Waals surface area contributed by atoms with Crippen molar-refractivity contribution in [3.63, 3.8) is 0 Å². The lowest BCUT2D eigenvalue weighted by molar-refractivity contribution is 0.0922. The highest BCUT2D eigenvalue weighted by atomic mass is 16.2. The molecule has 0 saturated heterocycles. The predicted octanol–water partition coefficient (Wildman–Crippen LogP) is 4.52. The Morgan fingerprint density at radius 2 is 1.68 bits per heavy atom. The van der Waals surface area contributed by atoms with Gasteiger partial charge < -0.3 is 10.6 Å². The molecule has 5 heteroatoms. The van der Waals surface area contributed by atoms with Crippen molar-refractivity contribution >= 4 is 17.5 Å². The van der Waals surface area contributed by atoms with E-state index in [4.69, 9.17) is 0 Å². The van der Waals surface area contributed by atoms with Gasteiger partial charge in [-0.3, -0.25) is 14.6 Å². The van der Waals surface area contributed by atoms with E-state index in [1.54, 1.807) is 12.1 Å². The Morgan fingerprint density at radius 1 is 1.00 bits per heavy atom. The number of carbonyl (C=O) groups is 2. The van der Waals surface area contributed by atoms with Gasteiger partial charge in [-0.1, -0.05) is 51.3 Å². The number of nitrogens with zero attached hydrogens (tertiary/aromatic N) is 1. The van der Waals surface area contributed by atoms with Crippen LogP contribution in [0.4, 0.5) is 5.69 Å². The average molecular weight is 380 g/mol. The van der Waals surface area contributed by atoms with Gasteiger partial charge in [-0.2, -0.15) is 0 Å². The Labute approximate surface area is 167 Å². The summed E-state index contributed by atoms with van der Waals surface area (Å²) in [6.07, 6.45) is 8.77. The third-order valence-corrected chi connectivity index (χ3v) is 5.43. The zero-order chi connectivity index (χ0) is 19.9. The molecule has 1 aliphatic rings. The molecule has 2 amide bonds. The molecule has 0 aliphatic heterocycles. The van der Waals surface area contributed by atoms with Crippen LogP contribution in [0.15, 0.2) is 36.5 Å². The van der Waals surface area contributed by atoms with Gasteiger partial charge in [0.2, 0.25) is 0 Å². The Bertz CT molecular complexity index is 819. The molecule has 2 N–H and O–H groups in total. The van der Waals surface area contributed by atoms with Gasteiger partial charge in [-0.05, 0) is 48.9 Å². The van der Waals surface area contributed by atoms with Crippen LogP contribution in [-0.2, 0) is 12.8 Å². The van der Waals surface area contributed by atoms with E-state index in [0.717, 1.165) is 55.3 Å². The molecular formula is C23H29N3O2. The van der Waals surface area contributed by atoms with Crippen molar-refractivity contribution in [3.8, 4) is 0 Å². The van der Waals surface area contributed by atoms with Crippen LogP contribution >= 0.6 is 0 Å². The molecule has 1 heterocycles. The highest BCUT2D eigenvalue weighted by Gasteiger charge is 2.19. The van der Waals surface area contributed by atoms with E-state index in [-0.39, 0.29) is 23.6 Å². The molecule has 1 saturated carbocycles. The van der Waals surface area contributed by atoms with E-state index in [1.165, 1.54) is 12.6 Å². The number of anilines is 1. The fourth-order valence-electron chi connectivity index (χ4n) is 3.79. The molecule has 1 aromatic carbocycles. The molecule has 1 aromatic heterocycles. The highest BCUT2D eigenvalue weighted by molar-refractivity contribution is 6.06. The lowest BCUT2D eigenvalue weighted by atomic mass is 9.95. The van der Waals surface area contributed by atoms with E-state index in [0.29, 0.717) is 5.56 Å². The smallest absolute Gasteiger partial charge is 0.270 e. The van der Waals surface area contributed by atoms with Crippen LogP contribution in [0.3, 0.4) is 0 Å². The molecule has 1 aliphatic carbocycles. The number of amides is 2. The summed E-state index contributed by atoms with van der Waals surface area (Å²) in [4.78, 5) is 29.6. The van der Waals surface area contributed by atoms with Crippen LogP contribution in [0.2, 0.25) is 0 Å². The normalized spacial score (nSPS) is 14.5. The first kappa shape index (κ1) is 20.1. The molecule has 28 heavy (non-hydrogen) atoms. The van der Waals surface area contributed by atoms with Gasteiger partial charge >= 0.3 is 0 Å². The third kappa shape index (κ3) is 4.77. The zero-order valence-electron chi connectivity index (χ0n) is 16.8. The number of carbonyl (C=O) groups excluding carboxylic acids is 2. The Morgan fingerprint density at radius 3 is 2.32 bits per heavy atom. The second-order valence-corrected chi connectivity index (χ2v) is 7.35. The molecule has 0 bridgehead atoms. The standard InChI is InChI=1S/C23H29N3O2/c1-3-16-9-8-10-17(4-2)21(16)26-22(27)18-13-14-24-20(15-18)23(28)25-19-11-6-5-7-12-19/h8-10,13-15,19H,3-7,11-12H2,1-2H3,(H,25,28)(H,26,27). The zero-order valence-corrected chi connectivity index (χ0v) is 16.8. The summed E-state index contributed by atoms with van der Waals surface area (Å²) >= 11 is 0. The van der Waals surface area contributed by atoms with Crippen LogP contribution < -0.4 is 10.6 Å². The summed E-state index contributed by atoms with van der Waals surface area (Å²) in [5.41, 5.74) is 3.83. The van der Waals surface area contributed by atoms with Crippen LogP contribution in [0.1, 0.15) is 77.9 Å². The monoisotopic (exact) mass is 379 g/mol. The van der Waals surface area contributed by atoms with Gasteiger partial charge in [-0.25, -0.2) is 0 Å². The van der Waals surface area contributed by atoms with Gasteiger partial charge in [0.25, 0.3) is 11.8 Å². The van der Waals surface area contributed by atoms with E-state index in [9.17, 15) is 9.59 Å².